The lowest BCUT2D eigenvalue weighted by molar-refractivity contribution is -0.622. The number of hydrogen-bond acceptors (Lipinski definition) is 1. The molecule has 0 amide bonds. The van der Waals surface area contributed by atoms with Crippen molar-refractivity contribution in [3.05, 3.63) is 34.8 Å². The average molecular weight is 151 g/mol. The highest BCUT2D eigenvalue weighted by molar-refractivity contribution is 5.03. The first-order chi connectivity index (χ1) is 5.29. The van der Waals surface area contributed by atoms with Crippen LogP contribution in [-0.4, -0.2) is 0 Å². The van der Waals surface area contributed by atoms with Gasteiger partial charge < -0.3 is 5.21 Å². The number of nitrogens with zero attached hydrogens (tertiary/aromatic N) is 1. The standard InChI is InChI=1S/C9H13NO/c1-3-8-6-5-7-9(4-2)10(8)11/h5-7H,3-4H2,1-2H3. The fourth-order valence-electron chi connectivity index (χ4n) is 1.11. The van der Waals surface area contributed by atoms with E-state index < -0.39 is 0 Å². The third-order valence-electron chi connectivity index (χ3n) is 1.82. The van der Waals surface area contributed by atoms with E-state index in [0.717, 1.165) is 29.0 Å². The maximum Gasteiger partial charge on any atom is 0.192 e. The van der Waals surface area contributed by atoms with Gasteiger partial charge in [0.15, 0.2) is 11.4 Å². The summed E-state index contributed by atoms with van der Waals surface area (Å²) >= 11 is 0. The molecule has 0 spiro atoms. The van der Waals surface area contributed by atoms with Crippen molar-refractivity contribution >= 4 is 0 Å². The number of aromatic nitrogens is 1. The summed E-state index contributed by atoms with van der Waals surface area (Å²) in [7, 11) is 0. The minimum absolute atomic E-state index is 0.803. The molecule has 0 bridgehead atoms. The topological polar surface area (TPSA) is 26.9 Å². The number of rotatable bonds is 2. The van der Waals surface area contributed by atoms with E-state index in [1.165, 1.54) is 0 Å². The molecule has 1 heterocycles. The third-order valence-corrected chi connectivity index (χ3v) is 1.82. The van der Waals surface area contributed by atoms with Crippen molar-refractivity contribution in [2.75, 3.05) is 0 Å². The highest BCUT2D eigenvalue weighted by atomic mass is 16.5. The first-order valence-corrected chi connectivity index (χ1v) is 4.00. The van der Waals surface area contributed by atoms with Gasteiger partial charge in [0.2, 0.25) is 0 Å². The molecule has 0 aliphatic carbocycles. The van der Waals surface area contributed by atoms with Gasteiger partial charge in [0.05, 0.1) is 0 Å². The first kappa shape index (κ1) is 8.05. The predicted octanol–water partition coefficient (Wildman–Crippen LogP) is 1.44. The van der Waals surface area contributed by atoms with Crippen molar-refractivity contribution in [2.24, 2.45) is 0 Å². The SMILES string of the molecule is CCc1cccc(CC)[n+]1[O-]. The molecule has 2 nitrogen and oxygen atoms in total. The maximum atomic E-state index is 11.3. The molecule has 0 radical (unpaired) electrons. The molecule has 1 rings (SSSR count). The molecule has 0 aliphatic heterocycles. The molecule has 0 aliphatic rings. The Labute approximate surface area is 67.1 Å². The second kappa shape index (κ2) is 3.37. The fraction of sp³-hybridized carbons (Fsp3) is 0.444. The molecular formula is C9H13NO. The summed E-state index contributed by atoms with van der Waals surface area (Å²) in [6, 6.07) is 5.67. The monoisotopic (exact) mass is 151 g/mol. The molecule has 0 unspecified atom stereocenters. The van der Waals surface area contributed by atoms with E-state index in [0.29, 0.717) is 0 Å². The van der Waals surface area contributed by atoms with Gasteiger partial charge in [-0.05, 0) is 6.07 Å². The van der Waals surface area contributed by atoms with Crippen LogP contribution in [0.4, 0.5) is 0 Å². The van der Waals surface area contributed by atoms with E-state index in [9.17, 15) is 5.21 Å². The van der Waals surface area contributed by atoms with E-state index in [4.69, 9.17) is 0 Å². The molecule has 0 saturated carbocycles. The van der Waals surface area contributed by atoms with E-state index in [-0.39, 0.29) is 0 Å². The van der Waals surface area contributed by atoms with Crippen LogP contribution >= 0.6 is 0 Å². The largest absolute Gasteiger partial charge is 0.618 e. The Morgan fingerprint density at radius 2 is 1.64 bits per heavy atom. The quantitative estimate of drug-likeness (QED) is 0.464. The van der Waals surface area contributed by atoms with Crippen LogP contribution in [0.15, 0.2) is 18.2 Å². The van der Waals surface area contributed by atoms with Gasteiger partial charge in [-0.2, -0.15) is 4.73 Å². The van der Waals surface area contributed by atoms with Crippen LogP contribution in [0.2, 0.25) is 0 Å². The van der Waals surface area contributed by atoms with Crippen molar-refractivity contribution in [1.29, 1.82) is 0 Å². The number of aryl methyl sites for hydroxylation is 2. The zero-order valence-corrected chi connectivity index (χ0v) is 7.00. The van der Waals surface area contributed by atoms with Crippen LogP contribution < -0.4 is 4.73 Å². The van der Waals surface area contributed by atoms with Gasteiger partial charge in [0.1, 0.15) is 0 Å². The predicted molar refractivity (Wildman–Crippen MR) is 44.2 cm³/mol. The van der Waals surface area contributed by atoms with E-state index >= 15 is 0 Å². The van der Waals surface area contributed by atoms with Crippen LogP contribution in [0.25, 0.3) is 0 Å². The number of hydrogen-bond donors (Lipinski definition) is 0. The van der Waals surface area contributed by atoms with Gasteiger partial charge in [-0.3, -0.25) is 0 Å². The van der Waals surface area contributed by atoms with Crippen LogP contribution in [0.3, 0.4) is 0 Å². The van der Waals surface area contributed by atoms with Gasteiger partial charge in [-0.25, -0.2) is 0 Å². The Kier molecular flexibility index (Phi) is 2.47. The lowest BCUT2D eigenvalue weighted by Crippen LogP contribution is -2.35. The van der Waals surface area contributed by atoms with E-state index in [1.807, 2.05) is 32.0 Å². The van der Waals surface area contributed by atoms with Crippen LogP contribution in [0.1, 0.15) is 25.2 Å². The summed E-state index contributed by atoms with van der Waals surface area (Å²) in [5.41, 5.74) is 1.70. The molecule has 0 atom stereocenters. The average Bonchev–Trinajstić information content (AvgIpc) is 2.05. The summed E-state index contributed by atoms with van der Waals surface area (Å²) in [6.45, 7) is 3.98. The first-order valence-electron chi connectivity index (χ1n) is 4.00. The Morgan fingerprint density at radius 1 is 1.18 bits per heavy atom. The molecule has 0 fully saturated rings. The normalized spacial score (nSPS) is 10.0. The molecule has 0 aromatic carbocycles. The molecule has 2 heteroatoms. The lowest BCUT2D eigenvalue weighted by Gasteiger charge is -2.05. The summed E-state index contributed by atoms with van der Waals surface area (Å²) in [4.78, 5) is 0. The third kappa shape index (κ3) is 1.50. The lowest BCUT2D eigenvalue weighted by atomic mass is 10.2. The number of pyridine rings is 1. The Balaban J connectivity index is 3.10. The molecule has 0 saturated heterocycles. The molecule has 11 heavy (non-hydrogen) atoms. The Hall–Kier alpha value is -1.05. The summed E-state index contributed by atoms with van der Waals surface area (Å²) < 4.78 is 1.03. The van der Waals surface area contributed by atoms with Crippen molar-refractivity contribution < 1.29 is 4.73 Å². The van der Waals surface area contributed by atoms with Crippen molar-refractivity contribution in [1.82, 2.24) is 0 Å². The molecule has 0 N–H and O–H groups in total. The fourth-order valence-corrected chi connectivity index (χ4v) is 1.11. The van der Waals surface area contributed by atoms with Crippen LogP contribution in [0.5, 0.6) is 0 Å². The van der Waals surface area contributed by atoms with Crippen molar-refractivity contribution in [2.45, 2.75) is 26.7 Å². The second-order valence-corrected chi connectivity index (χ2v) is 2.51. The van der Waals surface area contributed by atoms with E-state index in [1.54, 1.807) is 0 Å². The Bertz CT molecular complexity index is 223. The van der Waals surface area contributed by atoms with Crippen LogP contribution in [0, 0.1) is 5.21 Å². The minimum Gasteiger partial charge on any atom is -0.618 e. The van der Waals surface area contributed by atoms with Gasteiger partial charge >= 0.3 is 0 Å². The van der Waals surface area contributed by atoms with Crippen molar-refractivity contribution in [3.63, 3.8) is 0 Å². The van der Waals surface area contributed by atoms with Gasteiger partial charge in [-0.1, -0.05) is 13.8 Å². The minimum atomic E-state index is 0.803. The van der Waals surface area contributed by atoms with Gasteiger partial charge in [0, 0.05) is 25.0 Å². The van der Waals surface area contributed by atoms with Gasteiger partial charge in [-0.15, -0.1) is 0 Å². The molecule has 1 aromatic rings. The maximum absolute atomic E-state index is 11.3. The Morgan fingerprint density at radius 3 is 2.00 bits per heavy atom. The molecular weight excluding hydrogens is 138 g/mol. The smallest absolute Gasteiger partial charge is 0.192 e. The highest BCUT2D eigenvalue weighted by Crippen LogP contribution is 1.97. The van der Waals surface area contributed by atoms with Crippen molar-refractivity contribution in [3.8, 4) is 0 Å². The zero-order valence-electron chi connectivity index (χ0n) is 7.00. The highest BCUT2D eigenvalue weighted by Gasteiger charge is 2.05. The summed E-state index contributed by atoms with van der Waals surface area (Å²) in [6.07, 6.45) is 1.61. The zero-order chi connectivity index (χ0) is 8.27. The second-order valence-electron chi connectivity index (χ2n) is 2.51. The summed E-state index contributed by atoms with van der Waals surface area (Å²) in [5, 5.41) is 11.3. The van der Waals surface area contributed by atoms with E-state index in [2.05, 4.69) is 0 Å². The molecule has 1 aromatic heterocycles. The molecule has 60 valence electrons. The summed E-state index contributed by atoms with van der Waals surface area (Å²) in [5.74, 6) is 0. The van der Waals surface area contributed by atoms with Gasteiger partial charge in [0.25, 0.3) is 0 Å². The van der Waals surface area contributed by atoms with Crippen LogP contribution in [-0.2, 0) is 12.8 Å².